The molecule has 16 heavy (non-hydrogen) atoms. The summed E-state index contributed by atoms with van der Waals surface area (Å²) < 4.78 is 0. The summed E-state index contributed by atoms with van der Waals surface area (Å²) in [5, 5.41) is 5.61. The second-order valence-electron chi connectivity index (χ2n) is 3.91. The Kier molecular flexibility index (Phi) is 11.2. The Bertz CT molecular complexity index is 184. The molecule has 0 saturated heterocycles. The Labute approximate surface area is 98.2 Å². The molecule has 2 amide bonds. The van der Waals surface area contributed by atoms with Crippen LogP contribution in [0.1, 0.15) is 51.9 Å². The van der Waals surface area contributed by atoms with Crippen molar-refractivity contribution < 1.29 is 9.59 Å². The average molecular weight is 228 g/mol. The number of carbonyl (C=O) groups excluding carboxylic acids is 2. The predicted molar refractivity (Wildman–Crippen MR) is 65.5 cm³/mol. The highest BCUT2D eigenvalue weighted by molar-refractivity contribution is 5.73. The lowest BCUT2D eigenvalue weighted by molar-refractivity contribution is -0.107. The number of unbranched alkanes of at least 4 members (excludes halogenated alkanes) is 5. The molecule has 0 unspecified atom stereocenters. The van der Waals surface area contributed by atoms with E-state index in [1.807, 2.05) is 0 Å². The minimum atomic E-state index is -0.0773. The van der Waals surface area contributed by atoms with E-state index in [0.29, 0.717) is 13.0 Å². The molecule has 4 heteroatoms. The van der Waals surface area contributed by atoms with Crippen molar-refractivity contribution in [3.8, 4) is 0 Å². The normalized spacial score (nSPS) is 9.81. The Balaban J connectivity index is 3.14. The summed E-state index contributed by atoms with van der Waals surface area (Å²) in [6.07, 6.45) is 7.79. The first-order chi connectivity index (χ1) is 7.81. The quantitative estimate of drug-likeness (QED) is 0.445. The summed E-state index contributed by atoms with van der Waals surface area (Å²) in [6.45, 7) is 3.59. The third kappa shape index (κ3) is 11.0. The predicted octanol–water partition coefficient (Wildman–Crippen LogP) is 2.24. The zero-order chi connectivity index (χ0) is 12.1. The van der Waals surface area contributed by atoms with Gasteiger partial charge in [-0.2, -0.15) is 0 Å². The van der Waals surface area contributed by atoms with Gasteiger partial charge in [0, 0.05) is 19.5 Å². The Morgan fingerprint density at radius 1 is 1.00 bits per heavy atom. The average Bonchev–Trinajstić information content (AvgIpc) is 2.29. The highest BCUT2D eigenvalue weighted by Gasteiger charge is 1.97. The maximum absolute atomic E-state index is 11.2. The molecule has 0 fully saturated rings. The van der Waals surface area contributed by atoms with Gasteiger partial charge in [-0.15, -0.1) is 0 Å². The van der Waals surface area contributed by atoms with E-state index in [9.17, 15) is 9.59 Å². The lowest BCUT2D eigenvalue weighted by Crippen LogP contribution is -2.36. The highest BCUT2D eigenvalue weighted by Crippen LogP contribution is 1.96. The number of carbonyl (C=O) groups is 2. The summed E-state index contributed by atoms with van der Waals surface area (Å²) in [7, 11) is 0. The smallest absolute Gasteiger partial charge is 0.314 e. The van der Waals surface area contributed by atoms with Gasteiger partial charge in [-0.3, -0.25) is 0 Å². The minimum absolute atomic E-state index is 0.0773. The molecule has 94 valence electrons. The number of urea groups is 1. The molecule has 0 radical (unpaired) electrons. The molecule has 0 spiro atoms. The molecule has 0 atom stereocenters. The lowest BCUT2D eigenvalue weighted by Gasteiger charge is -2.06. The molecule has 0 aliphatic carbocycles. The first kappa shape index (κ1) is 14.9. The second-order valence-corrected chi connectivity index (χ2v) is 3.91. The third-order valence-electron chi connectivity index (χ3n) is 2.35. The van der Waals surface area contributed by atoms with Crippen molar-refractivity contribution in [3.05, 3.63) is 0 Å². The number of aldehydes is 1. The van der Waals surface area contributed by atoms with Gasteiger partial charge in [0.2, 0.25) is 0 Å². The van der Waals surface area contributed by atoms with Gasteiger partial charge >= 0.3 is 6.03 Å². The third-order valence-corrected chi connectivity index (χ3v) is 2.35. The van der Waals surface area contributed by atoms with Crippen LogP contribution in [-0.4, -0.2) is 25.4 Å². The van der Waals surface area contributed by atoms with E-state index in [2.05, 4.69) is 17.6 Å². The van der Waals surface area contributed by atoms with E-state index in [1.54, 1.807) is 0 Å². The number of nitrogens with one attached hydrogen (secondary N) is 2. The van der Waals surface area contributed by atoms with Gasteiger partial charge in [0.25, 0.3) is 0 Å². The molecule has 0 bridgehead atoms. The van der Waals surface area contributed by atoms with Gasteiger partial charge in [-0.05, 0) is 19.3 Å². The number of hydrogen-bond acceptors (Lipinski definition) is 2. The topological polar surface area (TPSA) is 58.2 Å². The van der Waals surface area contributed by atoms with Crippen molar-refractivity contribution in [2.24, 2.45) is 0 Å². The largest absolute Gasteiger partial charge is 0.338 e. The maximum atomic E-state index is 11.2. The Morgan fingerprint density at radius 2 is 1.62 bits per heavy atom. The fourth-order valence-corrected chi connectivity index (χ4v) is 1.37. The van der Waals surface area contributed by atoms with Crippen molar-refractivity contribution in [1.29, 1.82) is 0 Å². The van der Waals surface area contributed by atoms with Crippen LogP contribution >= 0.6 is 0 Å². The van der Waals surface area contributed by atoms with Crippen LogP contribution in [-0.2, 0) is 4.79 Å². The standard InChI is InChI=1S/C12H24N2O2/c1-2-3-6-9-13-12(16)14-10-7-4-5-8-11-15/h11H,2-10H2,1H3,(H2,13,14,16). The van der Waals surface area contributed by atoms with Crippen LogP contribution < -0.4 is 10.6 Å². The lowest BCUT2D eigenvalue weighted by atomic mass is 10.2. The van der Waals surface area contributed by atoms with E-state index in [1.165, 1.54) is 6.42 Å². The molecule has 0 aliphatic heterocycles. The van der Waals surface area contributed by atoms with Crippen molar-refractivity contribution in [2.75, 3.05) is 13.1 Å². The van der Waals surface area contributed by atoms with Gasteiger partial charge in [-0.1, -0.05) is 26.2 Å². The van der Waals surface area contributed by atoms with Gasteiger partial charge in [-0.25, -0.2) is 4.79 Å². The van der Waals surface area contributed by atoms with Crippen LogP contribution in [0.5, 0.6) is 0 Å². The summed E-state index contributed by atoms with van der Waals surface area (Å²) in [5.41, 5.74) is 0. The Hall–Kier alpha value is -1.06. The van der Waals surface area contributed by atoms with Crippen molar-refractivity contribution in [2.45, 2.75) is 51.9 Å². The summed E-state index contributed by atoms with van der Waals surface area (Å²) in [5.74, 6) is 0. The zero-order valence-corrected chi connectivity index (χ0v) is 10.3. The Morgan fingerprint density at radius 3 is 2.19 bits per heavy atom. The number of rotatable bonds is 10. The number of amides is 2. The molecule has 0 aromatic rings. The first-order valence-electron chi connectivity index (χ1n) is 6.26. The van der Waals surface area contributed by atoms with Gasteiger partial charge in [0.15, 0.2) is 0 Å². The van der Waals surface area contributed by atoms with E-state index in [-0.39, 0.29) is 6.03 Å². The number of hydrogen-bond donors (Lipinski definition) is 2. The minimum Gasteiger partial charge on any atom is -0.338 e. The van der Waals surface area contributed by atoms with Gasteiger partial charge < -0.3 is 15.4 Å². The highest BCUT2D eigenvalue weighted by atomic mass is 16.2. The van der Waals surface area contributed by atoms with Gasteiger partial charge in [0.05, 0.1) is 0 Å². The van der Waals surface area contributed by atoms with E-state index in [4.69, 9.17) is 0 Å². The first-order valence-corrected chi connectivity index (χ1v) is 6.26. The summed E-state index contributed by atoms with van der Waals surface area (Å²) in [6, 6.07) is -0.0773. The van der Waals surface area contributed by atoms with Crippen molar-refractivity contribution in [3.63, 3.8) is 0 Å². The van der Waals surface area contributed by atoms with Gasteiger partial charge in [0.1, 0.15) is 6.29 Å². The van der Waals surface area contributed by atoms with Crippen LogP contribution in [0.2, 0.25) is 0 Å². The van der Waals surface area contributed by atoms with Crippen LogP contribution in [0.25, 0.3) is 0 Å². The molecule has 4 nitrogen and oxygen atoms in total. The van der Waals surface area contributed by atoms with E-state index >= 15 is 0 Å². The molecule has 0 rings (SSSR count). The second kappa shape index (κ2) is 12.0. The van der Waals surface area contributed by atoms with E-state index in [0.717, 1.165) is 44.9 Å². The fraction of sp³-hybridized carbons (Fsp3) is 0.833. The molecule has 0 aliphatic rings. The molecular weight excluding hydrogens is 204 g/mol. The monoisotopic (exact) mass is 228 g/mol. The van der Waals surface area contributed by atoms with Crippen LogP contribution in [0.15, 0.2) is 0 Å². The molecular formula is C12H24N2O2. The summed E-state index contributed by atoms with van der Waals surface area (Å²) in [4.78, 5) is 21.3. The van der Waals surface area contributed by atoms with Crippen molar-refractivity contribution in [1.82, 2.24) is 10.6 Å². The van der Waals surface area contributed by atoms with Crippen LogP contribution in [0.4, 0.5) is 4.79 Å². The molecule has 2 N–H and O–H groups in total. The maximum Gasteiger partial charge on any atom is 0.314 e. The molecule has 0 aromatic heterocycles. The van der Waals surface area contributed by atoms with Crippen molar-refractivity contribution >= 4 is 12.3 Å². The van der Waals surface area contributed by atoms with Crippen LogP contribution in [0, 0.1) is 0 Å². The SMILES string of the molecule is CCCCCNC(=O)NCCCCCC=O. The van der Waals surface area contributed by atoms with Crippen LogP contribution in [0.3, 0.4) is 0 Å². The fourth-order valence-electron chi connectivity index (χ4n) is 1.37. The molecule has 0 aromatic carbocycles. The molecule has 0 heterocycles. The molecule has 0 saturated carbocycles. The van der Waals surface area contributed by atoms with E-state index < -0.39 is 0 Å². The summed E-state index contributed by atoms with van der Waals surface area (Å²) >= 11 is 0. The zero-order valence-electron chi connectivity index (χ0n) is 10.3.